The quantitative estimate of drug-likeness (QED) is 0.685. The van der Waals surface area contributed by atoms with Gasteiger partial charge in [0, 0.05) is 23.7 Å². The molecule has 1 aromatic carbocycles. The Morgan fingerprint density at radius 2 is 1.92 bits per heavy atom. The van der Waals surface area contributed by atoms with Gasteiger partial charge in [-0.15, -0.1) is 0 Å². The molecule has 0 atom stereocenters. The SMILES string of the molecule is Nc1nc(Cc2cc3ccccc3[nH]2)nc(NC2CCCCC2)n1. The van der Waals surface area contributed by atoms with Crippen LogP contribution >= 0.6 is 0 Å². The Bertz CT molecular complexity index is 801. The second-order valence-electron chi connectivity index (χ2n) is 6.47. The van der Waals surface area contributed by atoms with Crippen LogP contribution in [-0.2, 0) is 6.42 Å². The largest absolute Gasteiger partial charge is 0.368 e. The van der Waals surface area contributed by atoms with Gasteiger partial charge in [0.05, 0.1) is 0 Å². The first kappa shape index (κ1) is 14.9. The number of anilines is 2. The molecule has 2 aromatic heterocycles. The van der Waals surface area contributed by atoms with Crippen LogP contribution in [0.3, 0.4) is 0 Å². The van der Waals surface area contributed by atoms with Crippen molar-refractivity contribution in [3.8, 4) is 0 Å². The molecule has 4 N–H and O–H groups in total. The van der Waals surface area contributed by atoms with Gasteiger partial charge in [0.2, 0.25) is 11.9 Å². The normalized spacial score (nSPS) is 15.7. The summed E-state index contributed by atoms with van der Waals surface area (Å²) < 4.78 is 0. The molecule has 0 unspecified atom stereocenters. The number of aromatic nitrogens is 4. The molecule has 0 saturated heterocycles. The zero-order chi connectivity index (χ0) is 16.4. The molecule has 0 amide bonds. The number of benzene rings is 1. The molecular formula is C18H22N6. The fourth-order valence-corrected chi connectivity index (χ4v) is 3.41. The number of hydrogen-bond acceptors (Lipinski definition) is 5. The molecule has 0 spiro atoms. The number of nitrogens with one attached hydrogen (secondary N) is 2. The number of nitrogens with two attached hydrogens (primary N) is 1. The van der Waals surface area contributed by atoms with Gasteiger partial charge in [-0.2, -0.15) is 15.0 Å². The fraction of sp³-hybridized carbons (Fsp3) is 0.389. The molecule has 1 aliphatic carbocycles. The van der Waals surface area contributed by atoms with E-state index in [1.807, 2.05) is 12.1 Å². The van der Waals surface area contributed by atoms with Crippen molar-refractivity contribution in [1.29, 1.82) is 0 Å². The number of H-pyrrole nitrogens is 1. The zero-order valence-corrected chi connectivity index (χ0v) is 13.6. The van der Waals surface area contributed by atoms with Crippen LogP contribution in [0, 0.1) is 0 Å². The Balaban J connectivity index is 1.53. The van der Waals surface area contributed by atoms with E-state index in [9.17, 15) is 0 Å². The van der Waals surface area contributed by atoms with Crippen LogP contribution < -0.4 is 11.1 Å². The third-order valence-corrected chi connectivity index (χ3v) is 4.57. The number of para-hydroxylation sites is 1. The highest BCUT2D eigenvalue weighted by atomic mass is 15.2. The highest BCUT2D eigenvalue weighted by Crippen LogP contribution is 2.21. The van der Waals surface area contributed by atoms with Gasteiger partial charge < -0.3 is 16.0 Å². The smallest absolute Gasteiger partial charge is 0.227 e. The van der Waals surface area contributed by atoms with Crippen molar-refractivity contribution in [3.63, 3.8) is 0 Å². The number of hydrogen-bond donors (Lipinski definition) is 3. The van der Waals surface area contributed by atoms with E-state index < -0.39 is 0 Å². The first-order valence-electron chi connectivity index (χ1n) is 8.60. The van der Waals surface area contributed by atoms with Gasteiger partial charge in [0.1, 0.15) is 5.82 Å². The first-order valence-corrected chi connectivity index (χ1v) is 8.60. The molecule has 6 nitrogen and oxygen atoms in total. The molecule has 1 fully saturated rings. The molecule has 2 heterocycles. The van der Waals surface area contributed by atoms with Gasteiger partial charge in [-0.25, -0.2) is 0 Å². The standard InChI is InChI=1S/C18H22N6/c19-17-22-16(11-14-10-12-6-4-5-9-15(12)20-14)23-18(24-17)21-13-7-2-1-3-8-13/h4-6,9-10,13,20H,1-3,7-8,11H2,(H3,19,21,22,23,24). The predicted octanol–water partition coefficient (Wildman–Crippen LogP) is 3.27. The third-order valence-electron chi connectivity index (χ3n) is 4.57. The molecule has 24 heavy (non-hydrogen) atoms. The minimum Gasteiger partial charge on any atom is -0.368 e. The van der Waals surface area contributed by atoms with Gasteiger partial charge in [-0.05, 0) is 30.4 Å². The molecule has 0 bridgehead atoms. The maximum absolute atomic E-state index is 5.88. The van der Waals surface area contributed by atoms with Crippen molar-refractivity contribution in [2.24, 2.45) is 0 Å². The average molecular weight is 322 g/mol. The highest BCUT2D eigenvalue weighted by Gasteiger charge is 2.15. The molecule has 1 saturated carbocycles. The van der Waals surface area contributed by atoms with Crippen LogP contribution in [0.2, 0.25) is 0 Å². The molecular weight excluding hydrogens is 300 g/mol. The summed E-state index contributed by atoms with van der Waals surface area (Å²) in [5.74, 6) is 1.56. The van der Waals surface area contributed by atoms with Crippen molar-refractivity contribution in [3.05, 3.63) is 41.9 Å². The third kappa shape index (κ3) is 3.32. The minimum absolute atomic E-state index is 0.273. The summed E-state index contributed by atoms with van der Waals surface area (Å²) in [6.07, 6.45) is 6.80. The van der Waals surface area contributed by atoms with Gasteiger partial charge in [0.15, 0.2) is 0 Å². The summed E-state index contributed by atoms with van der Waals surface area (Å²) >= 11 is 0. The average Bonchev–Trinajstić information content (AvgIpc) is 2.97. The van der Waals surface area contributed by atoms with Crippen molar-refractivity contribution >= 4 is 22.8 Å². The van der Waals surface area contributed by atoms with E-state index >= 15 is 0 Å². The van der Waals surface area contributed by atoms with Gasteiger partial charge in [-0.3, -0.25) is 0 Å². The monoisotopic (exact) mass is 322 g/mol. The number of fused-ring (bicyclic) bond motifs is 1. The molecule has 0 radical (unpaired) electrons. The van der Waals surface area contributed by atoms with E-state index in [1.54, 1.807) is 0 Å². The van der Waals surface area contributed by atoms with E-state index in [0.29, 0.717) is 24.2 Å². The van der Waals surface area contributed by atoms with E-state index in [-0.39, 0.29) is 5.95 Å². The lowest BCUT2D eigenvalue weighted by Gasteiger charge is -2.22. The number of nitrogen functional groups attached to an aromatic ring is 1. The summed E-state index contributed by atoms with van der Waals surface area (Å²) in [4.78, 5) is 16.5. The lowest BCUT2D eigenvalue weighted by atomic mass is 9.96. The molecule has 3 aromatic rings. The maximum Gasteiger partial charge on any atom is 0.227 e. The van der Waals surface area contributed by atoms with Crippen LogP contribution in [0.5, 0.6) is 0 Å². The zero-order valence-electron chi connectivity index (χ0n) is 13.6. The summed E-state index contributed by atoms with van der Waals surface area (Å²) in [6, 6.07) is 10.8. The van der Waals surface area contributed by atoms with Crippen LogP contribution in [0.1, 0.15) is 43.6 Å². The first-order chi connectivity index (χ1) is 11.8. The number of aromatic amines is 1. The van der Waals surface area contributed by atoms with Crippen LogP contribution in [0.15, 0.2) is 30.3 Å². The maximum atomic E-state index is 5.88. The molecule has 124 valence electrons. The Labute approximate surface area is 140 Å². The Morgan fingerprint density at radius 3 is 2.75 bits per heavy atom. The van der Waals surface area contributed by atoms with Gasteiger partial charge in [-0.1, -0.05) is 37.5 Å². The second kappa shape index (κ2) is 6.47. The van der Waals surface area contributed by atoms with Gasteiger partial charge in [0.25, 0.3) is 0 Å². The van der Waals surface area contributed by atoms with Crippen molar-refractivity contribution in [1.82, 2.24) is 19.9 Å². The predicted molar refractivity (Wildman–Crippen MR) is 95.8 cm³/mol. The minimum atomic E-state index is 0.273. The molecule has 4 rings (SSSR count). The van der Waals surface area contributed by atoms with E-state index in [2.05, 4.69) is 43.5 Å². The van der Waals surface area contributed by atoms with Crippen LogP contribution in [0.4, 0.5) is 11.9 Å². The molecule has 6 heteroatoms. The lowest BCUT2D eigenvalue weighted by Crippen LogP contribution is -2.24. The van der Waals surface area contributed by atoms with E-state index in [0.717, 1.165) is 11.2 Å². The van der Waals surface area contributed by atoms with E-state index in [4.69, 9.17) is 5.73 Å². The van der Waals surface area contributed by atoms with Crippen LogP contribution in [0.25, 0.3) is 10.9 Å². The molecule has 1 aliphatic rings. The number of rotatable bonds is 4. The van der Waals surface area contributed by atoms with E-state index in [1.165, 1.54) is 37.5 Å². The Morgan fingerprint density at radius 1 is 1.08 bits per heavy atom. The fourth-order valence-electron chi connectivity index (χ4n) is 3.41. The van der Waals surface area contributed by atoms with Crippen molar-refractivity contribution < 1.29 is 0 Å². The summed E-state index contributed by atoms with van der Waals surface area (Å²) in [7, 11) is 0. The lowest BCUT2D eigenvalue weighted by molar-refractivity contribution is 0.460. The number of nitrogens with zero attached hydrogens (tertiary/aromatic N) is 3. The van der Waals surface area contributed by atoms with Gasteiger partial charge >= 0.3 is 0 Å². The topological polar surface area (TPSA) is 92.5 Å². The van der Waals surface area contributed by atoms with Crippen LogP contribution in [-0.4, -0.2) is 26.0 Å². The Kier molecular flexibility index (Phi) is 4.02. The molecule has 0 aliphatic heterocycles. The Hall–Kier alpha value is -2.63. The summed E-state index contributed by atoms with van der Waals surface area (Å²) in [5.41, 5.74) is 8.08. The van der Waals surface area contributed by atoms with Crippen molar-refractivity contribution in [2.45, 2.75) is 44.6 Å². The summed E-state index contributed by atoms with van der Waals surface area (Å²) in [6.45, 7) is 0. The second-order valence-corrected chi connectivity index (χ2v) is 6.47. The summed E-state index contributed by atoms with van der Waals surface area (Å²) in [5, 5.41) is 4.61. The van der Waals surface area contributed by atoms with Crippen molar-refractivity contribution in [2.75, 3.05) is 11.1 Å². The highest BCUT2D eigenvalue weighted by molar-refractivity contribution is 5.80.